The highest BCUT2D eigenvalue weighted by Crippen LogP contribution is 2.30. The molecule has 13 heavy (non-hydrogen) atoms. The minimum atomic E-state index is 1.09. The normalized spacial score (nSPS) is 13.4. The van der Waals surface area contributed by atoms with Crippen LogP contribution in [0.2, 0.25) is 0 Å². The predicted octanol–water partition coefficient (Wildman–Crippen LogP) is 3.97. The fourth-order valence-corrected chi connectivity index (χ4v) is 2.39. The first-order chi connectivity index (χ1) is 6.33. The van der Waals surface area contributed by atoms with E-state index in [1.54, 1.807) is 0 Å². The van der Waals surface area contributed by atoms with E-state index in [1.807, 2.05) is 0 Å². The number of rotatable bonds is 2. The first-order valence-electron chi connectivity index (χ1n) is 4.79. The van der Waals surface area contributed by atoms with E-state index >= 15 is 0 Å². The van der Waals surface area contributed by atoms with Gasteiger partial charge in [-0.1, -0.05) is 47.5 Å². The predicted molar refractivity (Wildman–Crippen MR) is 60.9 cm³/mol. The second-order valence-electron chi connectivity index (χ2n) is 3.46. The Morgan fingerprint density at radius 2 is 2.23 bits per heavy atom. The molecule has 1 aliphatic carbocycles. The molecule has 1 aromatic rings. The molecular formula is C12H13Br. The number of benzene rings is 1. The van der Waals surface area contributed by atoms with Crippen LogP contribution in [0.15, 0.2) is 22.7 Å². The van der Waals surface area contributed by atoms with Gasteiger partial charge in [-0.25, -0.2) is 0 Å². The highest BCUT2D eigenvalue weighted by Gasteiger charge is 2.11. The van der Waals surface area contributed by atoms with Crippen molar-refractivity contribution < 1.29 is 0 Å². The Morgan fingerprint density at radius 1 is 1.38 bits per heavy atom. The maximum absolute atomic E-state index is 3.59. The summed E-state index contributed by atoms with van der Waals surface area (Å²) in [4.78, 5) is 0. The van der Waals surface area contributed by atoms with Crippen LogP contribution in [0.5, 0.6) is 0 Å². The third kappa shape index (κ3) is 1.58. The molecule has 68 valence electrons. The van der Waals surface area contributed by atoms with Crippen LogP contribution >= 0.6 is 15.9 Å². The topological polar surface area (TPSA) is 0 Å². The largest absolute Gasteiger partial charge is 0.0795 e. The summed E-state index contributed by atoms with van der Waals surface area (Å²) in [7, 11) is 0. The highest BCUT2D eigenvalue weighted by atomic mass is 79.9. The van der Waals surface area contributed by atoms with E-state index in [0.717, 1.165) is 6.42 Å². The summed E-state index contributed by atoms with van der Waals surface area (Å²) in [6.45, 7) is 2.23. The van der Waals surface area contributed by atoms with E-state index in [2.05, 4.69) is 47.1 Å². The van der Waals surface area contributed by atoms with Crippen molar-refractivity contribution in [2.45, 2.75) is 26.2 Å². The molecule has 0 aliphatic heterocycles. The molecule has 0 saturated heterocycles. The minimum absolute atomic E-state index is 1.09. The van der Waals surface area contributed by atoms with Crippen molar-refractivity contribution in [3.63, 3.8) is 0 Å². The van der Waals surface area contributed by atoms with Gasteiger partial charge in [0.05, 0.1) is 0 Å². The second kappa shape index (κ2) is 3.67. The maximum Gasteiger partial charge on any atom is 0.0216 e. The number of fused-ring (bicyclic) bond motifs is 1. The highest BCUT2D eigenvalue weighted by molar-refractivity contribution is 9.10. The number of hydrogen-bond donors (Lipinski definition) is 0. The Bertz CT molecular complexity index is 350. The van der Waals surface area contributed by atoms with Crippen molar-refractivity contribution in [2.75, 3.05) is 0 Å². The first kappa shape index (κ1) is 9.01. The zero-order valence-electron chi connectivity index (χ0n) is 7.81. The molecule has 0 bridgehead atoms. The first-order valence-corrected chi connectivity index (χ1v) is 5.59. The molecule has 1 heteroatoms. The Balaban J connectivity index is 2.48. The molecule has 0 aromatic heterocycles. The van der Waals surface area contributed by atoms with Crippen LogP contribution in [0.25, 0.3) is 6.08 Å². The van der Waals surface area contributed by atoms with Gasteiger partial charge in [0, 0.05) is 4.47 Å². The van der Waals surface area contributed by atoms with Gasteiger partial charge in [-0.05, 0) is 35.6 Å². The zero-order valence-corrected chi connectivity index (χ0v) is 9.39. The SMILES string of the molecule is CCCc1ccc(Br)c2c1C=CC2. The van der Waals surface area contributed by atoms with Crippen LogP contribution in [-0.4, -0.2) is 0 Å². The van der Waals surface area contributed by atoms with Crippen LogP contribution in [0.3, 0.4) is 0 Å². The van der Waals surface area contributed by atoms with Crippen molar-refractivity contribution in [2.24, 2.45) is 0 Å². The molecule has 0 amide bonds. The molecule has 0 nitrogen and oxygen atoms in total. The molecule has 0 fully saturated rings. The van der Waals surface area contributed by atoms with E-state index < -0.39 is 0 Å². The van der Waals surface area contributed by atoms with Crippen LogP contribution < -0.4 is 0 Å². The number of hydrogen-bond acceptors (Lipinski definition) is 0. The van der Waals surface area contributed by atoms with Crippen LogP contribution in [0.1, 0.15) is 30.0 Å². The average molecular weight is 237 g/mol. The summed E-state index contributed by atoms with van der Waals surface area (Å²) in [6.07, 6.45) is 8.01. The fourth-order valence-electron chi connectivity index (χ4n) is 1.88. The van der Waals surface area contributed by atoms with Crippen molar-refractivity contribution in [3.05, 3.63) is 39.4 Å². The van der Waals surface area contributed by atoms with Gasteiger partial charge >= 0.3 is 0 Å². The van der Waals surface area contributed by atoms with Crippen LogP contribution in [-0.2, 0) is 12.8 Å². The van der Waals surface area contributed by atoms with E-state index in [-0.39, 0.29) is 0 Å². The lowest BCUT2D eigenvalue weighted by Crippen LogP contribution is -1.92. The number of aryl methyl sites for hydroxylation is 1. The van der Waals surface area contributed by atoms with Gasteiger partial charge in [-0.3, -0.25) is 0 Å². The fraction of sp³-hybridized carbons (Fsp3) is 0.333. The van der Waals surface area contributed by atoms with Gasteiger partial charge in [0.2, 0.25) is 0 Å². The van der Waals surface area contributed by atoms with E-state index in [9.17, 15) is 0 Å². The van der Waals surface area contributed by atoms with Crippen LogP contribution in [0, 0.1) is 0 Å². The van der Waals surface area contributed by atoms with Gasteiger partial charge in [-0.2, -0.15) is 0 Å². The average Bonchev–Trinajstić information content (AvgIpc) is 2.59. The summed E-state index contributed by atoms with van der Waals surface area (Å²) in [5.41, 5.74) is 4.41. The van der Waals surface area contributed by atoms with E-state index in [4.69, 9.17) is 0 Å². The number of halogens is 1. The van der Waals surface area contributed by atoms with Crippen molar-refractivity contribution in [1.29, 1.82) is 0 Å². The molecule has 1 aromatic carbocycles. The van der Waals surface area contributed by atoms with Gasteiger partial charge in [-0.15, -0.1) is 0 Å². The van der Waals surface area contributed by atoms with Crippen LogP contribution in [0.4, 0.5) is 0 Å². The zero-order chi connectivity index (χ0) is 9.26. The minimum Gasteiger partial charge on any atom is -0.0795 e. The summed E-state index contributed by atoms with van der Waals surface area (Å²) in [5.74, 6) is 0. The smallest absolute Gasteiger partial charge is 0.0216 e. The Kier molecular flexibility index (Phi) is 2.54. The van der Waals surface area contributed by atoms with Gasteiger partial charge in [0.15, 0.2) is 0 Å². The standard InChI is InChI=1S/C12H13Br/c1-2-4-9-7-8-12(13)11-6-3-5-10(9)11/h3,5,7-8H,2,4,6H2,1H3. The summed E-state index contributed by atoms with van der Waals surface area (Å²) in [5, 5.41) is 0. The molecule has 0 atom stereocenters. The maximum atomic E-state index is 3.59. The number of allylic oxidation sites excluding steroid dienone is 1. The van der Waals surface area contributed by atoms with Crippen molar-refractivity contribution in [1.82, 2.24) is 0 Å². The Labute approximate surface area is 87.8 Å². The third-order valence-corrected chi connectivity index (χ3v) is 3.26. The summed E-state index contributed by atoms with van der Waals surface area (Å²) in [6, 6.07) is 4.42. The third-order valence-electron chi connectivity index (χ3n) is 2.52. The summed E-state index contributed by atoms with van der Waals surface area (Å²) >= 11 is 3.59. The molecule has 1 aliphatic rings. The van der Waals surface area contributed by atoms with Crippen molar-refractivity contribution >= 4 is 22.0 Å². The Hall–Kier alpha value is -0.560. The summed E-state index contributed by atoms with van der Waals surface area (Å²) < 4.78 is 1.26. The molecule has 0 saturated carbocycles. The molecule has 0 unspecified atom stereocenters. The lowest BCUT2D eigenvalue weighted by Gasteiger charge is -2.08. The second-order valence-corrected chi connectivity index (χ2v) is 4.31. The Morgan fingerprint density at radius 3 is 3.00 bits per heavy atom. The molecule has 0 N–H and O–H groups in total. The molecule has 0 radical (unpaired) electrons. The van der Waals surface area contributed by atoms with Crippen molar-refractivity contribution in [3.8, 4) is 0 Å². The monoisotopic (exact) mass is 236 g/mol. The van der Waals surface area contributed by atoms with Gasteiger partial charge in [0.25, 0.3) is 0 Å². The van der Waals surface area contributed by atoms with E-state index in [1.165, 1.54) is 34.0 Å². The molecule has 0 spiro atoms. The lowest BCUT2D eigenvalue weighted by atomic mass is 10.0. The molecule has 2 rings (SSSR count). The van der Waals surface area contributed by atoms with Gasteiger partial charge in [0.1, 0.15) is 0 Å². The molecular weight excluding hydrogens is 224 g/mol. The lowest BCUT2D eigenvalue weighted by molar-refractivity contribution is 0.917. The van der Waals surface area contributed by atoms with Gasteiger partial charge < -0.3 is 0 Å². The van der Waals surface area contributed by atoms with E-state index in [0.29, 0.717) is 0 Å². The molecule has 0 heterocycles. The quantitative estimate of drug-likeness (QED) is 0.730.